The number of likely N-dealkylation sites (N-methyl/N-ethyl adjacent to an activating group) is 1. The molecule has 0 spiro atoms. The number of amides is 1. The van der Waals surface area contributed by atoms with E-state index in [0.717, 1.165) is 0 Å². The van der Waals surface area contributed by atoms with Crippen LogP contribution in [0.2, 0.25) is 0 Å². The Hall–Kier alpha value is -1.30. The Morgan fingerprint density at radius 2 is 2.31 bits per heavy atom. The molecule has 0 aromatic heterocycles. The number of oxime groups is 1. The van der Waals surface area contributed by atoms with Crippen LogP contribution < -0.4 is 5.73 Å². The van der Waals surface area contributed by atoms with Gasteiger partial charge in [-0.25, -0.2) is 0 Å². The van der Waals surface area contributed by atoms with Gasteiger partial charge in [-0.3, -0.25) is 4.79 Å². The second-order valence-electron chi connectivity index (χ2n) is 2.58. The van der Waals surface area contributed by atoms with Crippen molar-refractivity contribution in [2.75, 3.05) is 27.3 Å². The van der Waals surface area contributed by atoms with Crippen molar-refractivity contribution in [1.82, 2.24) is 4.90 Å². The summed E-state index contributed by atoms with van der Waals surface area (Å²) in [5.41, 5.74) is 5.22. The highest BCUT2D eigenvalue weighted by molar-refractivity contribution is 5.86. The van der Waals surface area contributed by atoms with E-state index in [2.05, 4.69) is 5.16 Å². The van der Waals surface area contributed by atoms with Crippen molar-refractivity contribution in [2.45, 2.75) is 6.42 Å². The van der Waals surface area contributed by atoms with Gasteiger partial charge in [0.2, 0.25) is 5.91 Å². The van der Waals surface area contributed by atoms with Gasteiger partial charge in [0.05, 0.1) is 19.6 Å². The van der Waals surface area contributed by atoms with Crippen LogP contribution in [0.25, 0.3) is 0 Å². The van der Waals surface area contributed by atoms with Crippen LogP contribution in [0.1, 0.15) is 6.42 Å². The summed E-state index contributed by atoms with van der Waals surface area (Å²) in [7, 11) is 3.10. The summed E-state index contributed by atoms with van der Waals surface area (Å²) in [6, 6.07) is 0. The fourth-order valence-corrected chi connectivity index (χ4v) is 0.743. The van der Waals surface area contributed by atoms with Gasteiger partial charge in [0.15, 0.2) is 5.84 Å². The van der Waals surface area contributed by atoms with Gasteiger partial charge in [0.25, 0.3) is 0 Å². The minimum atomic E-state index is -0.103. The molecule has 0 aromatic rings. The first-order valence-electron chi connectivity index (χ1n) is 3.81. The first-order valence-corrected chi connectivity index (χ1v) is 3.81. The van der Waals surface area contributed by atoms with Crippen LogP contribution in [-0.4, -0.2) is 49.2 Å². The third-order valence-corrected chi connectivity index (χ3v) is 1.47. The Labute approximate surface area is 76.9 Å². The number of methoxy groups -OCH3 is 1. The minimum absolute atomic E-state index is 0.00765. The number of hydrogen-bond acceptors (Lipinski definition) is 4. The monoisotopic (exact) mass is 189 g/mol. The number of nitrogens with two attached hydrogens (primary N) is 1. The first kappa shape index (κ1) is 11.7. The lowest BCUT2D eigenvalue weighted by molar-refractivity contribution is -0.130. The van der Waals surface area contributed by atoms with Crippen molar-refractivity contribution in [2.24, 2.45) is 10.9 Å². The van der Waals surface area contributed by atoms with Crippen molar-refractivity contribution >= 4 is 11.7 Å². The summed E-state index contributed by atoms with van der Waals surface area (Å²) in [6.45, 7) is 0.498. The van der Waals surface area contributed by atoms with E-state index >= 15 is 0 Å². The highest BCUT2D eigenvalue weighted by Crippen LogP contribution is 1.90. The molecule has 0 aliphatic rings. The predicted octanol–water partition coefficient (Wildman–Crippen LogP) is -0.772. The Bertz CT molecular complexity index is 193. The van der Waals surface area contributed by atoms with E-state index in [9.17, 15) is 4.79 Å². The van der Waals surface area contributed by atoms with E-state index in [0.29, 0.717) is 13.0 Å². The number of nitrogens with zero attached hydrogens (tertiary/aromatic N) is 2. The van der Waals surface area contributed by atoms with Crippen LogP contribution in [0.15, 0.2) is 5.16 Å². The van der Waals surface area contributed by atoms with Gasteiger partial charge in [0.1, 0.15) is 0 Å². The quantitative estimate of drug-likeness (QED) is 0.257. The van der Waals surface area contributed by atoms with Crippen LogP contribution >= 0.6 is 0 Å². The molecule has 1 amide bonds. The summed E-state index contributed by atoms with van der Waals surface area (Å²) in [6.07, 6.45) is 0.297. The van der Waals surface area contributed by atoms with Gasteiger partial charge >= 0.3 is 0 Å². The summed E-state index contributed by atoms with van der Waals surface area (Å²) in [5, 5.41) is 11.0. The topological polar surface area (TPSA) is 88.2 Å². The molecule has 0 aromatic carbocycles. The van der Waals surface area contributed by atoms with Gasteiger partial charge in [-0.2, -0.15) is 0 Å². The highest BCUT2D eigenvalue weighted by Gasteiger charge is 2.09. The molecule has 3 N–H and O–H groups in total. The smallest absolute Gasteiger partial charge is 0.225 e. The lowest BCUT2D eigenvalue weighted by Crippen LogP contribution is -2.35. The lowest BCUT2D eigenvalue weighted by atomic mass is 10.4. The average molecular weight is 189 g/mol. The Balaban J connectivity index is 3.82. The predicted molar refractivity (Wildman–Crippen MR) is 47.5 cm³/mol. The Morgan fingerprint density at radius 3 is 2.77 bits per heavy atom. The molecule has 6 nitrogen and oxygen atoms in total. The van der Waals surface area contributed by atoms with Crippen molar-refractivity contribution in [3.8, 4) is 0 Å². The molecule has 0 radical (unpaired) electrons. The highest BCUT2D eigenvalue weighted by atomic mass is 16.5. The largest absolute Gasteiger partial charge is 0.409 e. The maximum absolute atomic E-state index is 11.2. The molecular weight excluding hydrogens is 174 g/mol. The van der Waals surface area contributed by atoms with Crippen molar-refractivity contribution < 1.29 is 14.7 Å². The summed E-state index contributed by atoms with van der Waals surface area (Å²) >= 11 is 0. The molecule has 13 heavy (non-hydrogen) atoms. The van der Waals surface area contributed by atoms with Crippen molar-refractivity contribution in [3.63, 3.8) is 0 Å². The zero-order chi connectivity index (χ0) is 10.3. The first-order chi connectivity index (χ1) is 6.11. The molecule has 0 rings (SSSR count). The average Bonchev–Trinajstić information content (AvgIpc) is 2.13. The summed E-state index contributed by atoms with van der Waals surface area (Å²) < 4.78 is 4.74. The van der Waals surface area contributed by atoms with Crippen LogP contribution in [-0.2, 0) is 9.53 Å². The molecule has 0 aliphatic heterocycles. The van der Waals surface area contributed by atoms with E-state index < -0.39 is 0 Å². The lowest BCUT2D eigenvalue weighted by Gasteiger charge is -2.15. The number of hydrogen-bond donors (Lipinski definition) is 2. The molecule has 0 atom stereocenters. The maximum atomic E-state index is 11.2. The molecule has 0 heterocycles. The fourth-order valence-electron chi connectivity index (χ4n) is 0.743. The third-order valence-electron chi connectivity index (χ3n) is 1.47. The van der Waals surface area contributed by atoms with Crippen LogP contribution in [0.4, 0.5) is 0 Å². The van der Waals surface area contributed by atoms with Gasteiger partial charge in [-0.1, -0.05) is 5.16 Å². The van der Waals surface area contributed by atoms with E-state index in [1.54, 1.807) is 7.05 Å². The Morgan fingerprint density at radius 1 is 1.69 bits per heavy atom. The number of amidine groups is 1. The van der Waals surface area contributed by atoms with E-state index in [1.165, 1.54) is 12.0 Å². The SMILES string of the molecule is COCCC(=O)N(C)CC(N)=NO. The number of ether oxygens (including phenoxy) is 1. The molecule has 0 saturated heterocycles. The third kappa shape index (κ3) is 5.02. The number of carbonyl (C=O) groups excluding carboxylic acids is 1. The normalized spacial score (nSPS) is 11.4. The second-order valence-corrected chi connectivity index (χ2v) is 2.58. The Kier molecular flexibility index (Phi) is 5.62. The van der Waals surface area contributed by atoms with Crippen molar-refractivity contribution in [3.05, 3.63) is 0 Å². The zero-order valence-electron chi connectivity index (χ0n) is 7.86. The second kappa shape index (κ2) is 6.24. The fraction of sp³-hybridized carbons (Fsp3) is 0.714. The maximum Gasteiger partial charge on any atom is 0.225 e. The van der Waals surface area contributed by atoms with E-state index in [-0.39, 0.29) is 18.3 Å². The van der Waals surface area contributed by atoms with Gasteiger partial charge in [0, 0.05) is 14.2 Å². The van der Waals surface area contributed by atoms with Gasteiger partial charge in [-0.05, 0) is 0 Å². The molecular formula is C7H15N3O3. The van der Waals surface area contributed by atoms with Crippen LogP contribution in [0.3, 0.4) is 0 Å². The molecule has 6 heteroatoms. The molecule has 0 saturated carbocycles. The van der Waals surface area contributed by atoms with E-state index in [4.69, 9.17) is 15.7 Å². The molecule has 76 valence electrons. The molecule has 0 unspecified atom stereocenters. The van der Waals surface area contributed by atoms with Crippen LogP contribution in [0.5, 0.6) is 0 Å². The molecule has 0 bridgehead atoms. The minimum Gasteiger partial charge on any atom is -0.409 e. The summed E-state index contributed by atoms with van der Waals surface area (Å²) in [5.74, 6) is -0.0956. The van der Waals surface area contributed by atoms with Gasteiger partial charge < -0.3 is 20.6 Å². The number of carbonyl (C=O) groups is 1. The van der Waals surface area contributed by atoms with E-state index in [1.807, 2.05) is 0 Å². The zero-order valence-corrected chi connectivity index (χ0v) is 7.86. The number of rotatable bonds is 5. The van der Waals surface area contributed by atoms with Crippen LogP contribution in [0, 0.1) is 0 Å². The van der Waals surface area contributed by atoms with Crippen molar-refractivity contribution in [1.29, 1.82) is 0 Å². The molecule has 0 fully saturated rings. The standard InChI is InChI=1S/C7H15N3O3/c1-10(5-6(8)9-12)7(11)3-4-13-2/h12H,3-5H2,1-2H3,(H2,8,9). The summed E-state index contributed by atoms with van der Waals surface area (Å²) in [4.78, 5) is 12.6. The van der Waals surface area contributed by atoms with Gasteiger partial charge in [-0.15, -0.1) is 0 Å². The molecule has 0 aliphatic carbocycles.